The Balaban J connectivity index is -0.0000000261. The van der Waals surface area contributed by atoms with Gasteiger partial charge in [-0.1, -0.05) is 0 Å². The number of hydrogen-bond donors (Lipinski definition) is 4. The molecule has 98 valence electrons. The van der Waals surface area contributed by atoms with Gasteiger partial charge in [-0.2, -0.15) is 8.42 Å². The summed E-state index contributed by atoms with van der Waals surface area (Å²) < 4.78 is 87.8. The molecule has 0 aromatic rings. The van der Waals surface area contributed by atoms with Crippen molar-refractivity contribution in [2.45, 2.75) is 0 Å². The van der Waals surface area contributed by atoms with Crippen molar-refractivity contribution >= 4 is 27.8 Å². The molecule has 0 aromatic carbocycles. The zero-order valence-corrected chi connectivity index (χ0v) is 15.2. The van der Waals surface area contributed by atoms with Crippen LogP contribution >= 0.6 is 0 Å². The molecular weight excluding hydrogens is 385 g/mol. The van der Waals surface area contributed by atoms with Gasteiger partial charge in [0.05, 0.1) is 0 Å². The molecular formula is H9AlCr2Na2O11S. The second-order valence-electron chi connectivity index (χ2n) is 1.37. The Bertz CT molecular complexity index is 429. The standard InChI is InChI=1S/Al.2Cr.2Na.H2O4S.2H2O.5O.5H/c;;;;;1-5(2,3)4;;;;;;;;;;;;/h;;;;;(H2,1,2,3,4);2*1H2;;;;;;;;;;/q;4*+1;;;;;;;;;;;;2*-1/p-2. The maximum absolute atomic E-state index is 9.53. The average molecular weight is 394 g/mol. The van der Waals surface area contributed by atoms with E-state index in [1.807, 2.05) is 0 Å². The molecule has 17 heteroatoms. The minimum absolute atomic E-state index is 0. The van der Waals surface area contributed by atoms with E-state index in [2.05, 4.69) is 2.84 Å². The summed E-state index contributed by atoms with van der Waals surface area (Å²) in [5.74, 6) is 0. The molecule has 0 aliphatic rings. The predicted octanol–water partition coefficient (Wildman–Crippen LogP) is -9.27. The fourth-order valence-electron chi connectivity index (χ4n) is 0.109. The molecule has 0 saturated heterocycles. The van der Waals surface area contributed by atoms with Crippen molar-refractivity contribution in [1.82, 2.24) is 0 Å². The van der Waals surface area contributed by atoms with Crippen LogP contribution in [0.3, 0.4) is 0 Å². The molecule has 0 fully saturated rings. The number of hydrogen-bond acceptors (Lipinski definition) is 7. The zero-order chi connectivity index (χ0) is 12.2. The molecule has 0 saturated carbocycles. The first kappa shape index (κ1) is 31.8. The van der Waals surface area contributed by atoms with Crippen LogP contribution in [-0.4, -0.2) is 43.2 Å². The van der Waals surface area contributed by atoms with E-state index in [1.165, 1.54) is 0 Å². The molecule has 0 aliphatic heterocycles. The van der Waals surface area contributed by atoms with E-state index < -0.39 is 37.6 Å². The van der Waals surface area contributed by atoms with Crippen LogP contribution in [-0.2, 0) is 55.7 Å². The topological polar surface area (TPSA) is 193 Å². The van der Waals surface area contributed by atoms with Crippen LogP contribution in [0.5, 0.6) is 0 Å². The fraction of sp³-hybridized carbons (Fsp3) is 0. The van der Waals surface area contributed by atoms with Crippen molar-refractivity contribution in [2.24, 2.45) is 0 Å². The van der Waals surface area contributed by atoms with Gasteiger partial charge in [0.1, 0.15) is 0 Å². The van der Waals surface area contributed by atoms with Crippen molar-refractivity contribution in [3.05, 3.63) is 0 Å². The van der Waals surface area contributed by atoms with Gasteiger partial charge in [-0.25, -0.2) is 0 Å². The van der Waals surface area contributed by atoms with Gasteiger partial charge < -0.3 is 2.85 Å². The molecule has 0 rings (SSSR count). The second-order valence-corrected chi connectivity index (χ2v) is 6.03. The van der Waals surface area contributed by atoms with Crippen molar-refractivity contribution in [3.8, 4) is 0 Å². The van der Waals surface area contributed by atoms with Crippen molar-refractivity contribution in [2.75, 3.05) is 0 Å². The first-order chi connectivity index (χ1) is 5.71. The molecule has 0 atom stereocenters. The summed E-state index contributed by atoms with van der Waals surface area (Å²) in [6, 6.07) is 0. The summed E-state index contributed by atoms with van der Waals surface area (Å²) in [4.78, 5) is 0. The van der Waals surface area contributed by atoms with E-state index in [4.69, 9.17) is 25.8 Å². The molecule has 0 radical (unpaired) electrons. The van der Waals surface area contributed by atoms with Crippen molar-refractivity contribution in [1.29, 1.82) is 0 Å². The Kier molecular flexibility index (Phi) is 23.0. The Labute approximate surface area is 158 Å². The van der Waals surface area contributed by atoms with Gasteiger partial charge in [0.25, 0.3) is 0 Å². The summed E-state index contributed by atoms with van der Waals surface area (Å²) in [5.41, 5.74) is 0. The molecule has 4 N–H and O–H groups in total. The van der Waals surface area contributed by atoms with Crippen molar-refractivity contribution < 1.29 is 133 Å². The molecule has 0 aromatic heterocycles. The first-order valence-electron chi connectivity index (χ1n) is 2.06. The third kappa shape index (κ3) is 69.5. The van der Waals surface area contributed by atoms with Gasteiger partial charge >= 0.3 is 123 Å². The monoisotopic (exact) mass is 394 g/mol. The summed E-state index contributed by atoms with van der Waals surface area (Å²) in [7, 11) is -4.67. The molecule has 11 nitrogen and oxygen atoms in total. The van der Waals surface area contributed by atoms with Crippen LogP contribution in [0.25, 0.3) is 0 Å². The molecule has 0 amide bonds. The Morgan fingerprint density at radius 1 is 0.882 bits per heavy atom. The van der Waals surface area contributed by atoms with Gasteiger partial charge in [-0.3, -0.25) is 9.11 Å². The molecule has 0 bridgehead atoms. The predicted molar refractivity (Wildman–Crippen MR) is 34.6 cm³/mol. The Hall–Kier alpha value is 2.55. The number of rotatable bonds is 2. The van der Waals surface area contributed by atoms with Crippen LogP contribution in [0, 0.1) is 0 Å². The molecule has 0 aliphatic carbocycles. The van der Waals surface area contributed by atoms with Crippen LogP contribution in [0.15, 0.2) is 0 Å². The third-order valence-electron chi connectivity index (χ3n) is 0.172. The maximum atomic E-state index is 9.53. The summed E-state index contributed by atoms with van der Waals surface area (Å²) in [5, 5.41) is 0. The van der Waals surface area contributed by atoms with Gasteiger partial charge in [0.15, 0.2) is 17.4 Å². The third-order valence-corrected chi connectivity index (χ3v) is 2.92. The van der Waals surface area contributed by atoms with Gasteiger partial charge in [-0.05, 0) is 0 Å². The summed E-state index contributed by atoms with van der Waals surface area (Å²) >= 11 is -11.5. The zero-order valence-electron chi connectivity index (χ0n) is 9.87. The summed E-state index contributed by atoms with van der Waals surface area (Å²) in [6.07, 6.45) is 0. The summed E-state index contributed by atoms with van der Waals surface area (Å²) in [6.45, 7) is 0. The second kappa shape index (κ2) is 12.3. The van der Waals surface area contributed by atoms with Gasteiger partial charge in [-0.15, -0.1) is 0 Å². The van der Waals surface area contributed by atoms with E-state index in [0.29, 0.717) is 0 Å². The van der Waals surface area contributed by atoms with E-state index >= 15 is 0 Å². The van der Waals surface area contributed by atoms with E-state index in [0.717, 1.165) is 0 Å². The van der Waals surface area contributed by atoms with E-state index in [-0.39, 0.29) is 79.3 Å². The van der Waals surface area contributed by atoms with E-state index in [1.54, 1.807) is 0 Å². The first-order valence-corrected chi connectivity index (χ1v) is 7.72. The van der Waals surface area contributed by atoms with Crippen molar-refractivity contribution in [3.63, 3.8) is 0 Å². The average Bonchev–Trinajstić information content (AvgIpc) is 1.42. The van der Waals surface area contributed by atoms with Crippen LogP contribution < -0.4 is 59.1 Å². The Morgan fingerprint density at radius 3 is 1.00 bits per heavy atom. The SMILES string of the molecule is O=S(=O)(O)O.[AlH3].[H-].[H-].[Na+].[Na+].[O]=[Cr](=[O])([OH])[O][Cr](=[O])(=[O])[OH]. The van der Waals surface area contributed by atoms with E-state index in [9.17, 15) is 15.2 Å². The quantitative estimate of drug-likeness (QED) is 0.257. The minimum atomic E-state index is -5.76. The fourth-order valence-corrected chi connectivity index (χ4v) is 1.85. The van der Waals surface area contributed by atoms with Crippen LogP contribution in [0.4, 0.5) is 0 Å². The van der Waals surface area contributed by atoms with Gasteiger partial charge in [0, 0.05) is 0 Å². The molecule has 0 heterocycles. The van der Waals surface area contributed by atoms with Gasteiger partial charge in [0.2, 0.25) is 0 Å². The van der Waals surface area contributed by atoms with Crippen LogP contribution in [0.1, 0.15) is 2.85 Å². The molecule has 0 unspecified atom stereocenters. The Morgan fingerprint density at radius 2 is 1.00 bits per heavy atom. The molecule has 17 heavy (non-hydrogen) atoms. The molecule has 0 spiro atoms. The van der Waals surface area contributed by atoms with Crippen LogP contribution in [0.2, 0.25) is 0 Å². The normalized spacial score (nSPS) is 10.6.